The first kappa shape index (κ1) is 20.8. The molecule has 0 aliphatic rings. The van der Waals surface area contributed by atoms with Gasteiger partial charge in [0, 0.05) is 41.6 Å². The van der Waals surface area contributed by atoms with Crippen molar-refractivity contribution in [2.45, 2.75) is 5.16 Å². The van der Waals surface area contributed by atoms with Crippen LogP contribution < -0.4 is 5.32 Å². The number of aromatic nitrogens is 2. The third kappa shape index (κ3) is 4.74. The number of hydrogen-bond acceptors (Lipinski definition) is 10. The lowest BCUT2D eigenvalue weighted by Gasteiger charge is -1.99. The number of nitro groups is 1. The van der Waals surface area contributed by atoms with Crippen LogP contribution in [0.5, 0.6) is 0 Å². The molecule has 0 unspecified atom stereocenters. The summed E-state index contributed by atoms with van der Waals surface area (Å²) in [5.74, 6) is -0.234. The molecule has 11 nitrogen and oxygen atoms in total. The van der Waals surface area contributed by atoms with E-state index in [9.17, 15) is 28.6 Å². The lowest BCUT2D eigenvalue weighted by atomic mass is 10.1. The van der Waals surface area contributed by atoms with E-state index in [1.807, 2.05) is 0 Å². The zero-order valence-electron chi connectivity index (χ0n) is 15.1. The molecule has 2 heterocycles. The van der Waals surface area contributed by atoms with E-state index in [0.29, 0.717) is 22.9 Å². The van der Waals surface area contributed by atoms with E-state index in [1.165, 1.54) is 36.4 Å². The highest BCUT2D eigenvalue weighted by Gasteiger charge is 2.18. The molecule has 2 aromatic heterocycles. The number of rotatable bonds is 6. The molecule has 152 valence electrons. The van der Waals surface area contributed by atoms with Crippen molar-refractivity contribution in [1.29, 1.82) is 5.26 Å². The molecule has 1 aromatic carbocycles. The summed E-state index contributed by atoms with van der Waals surface area (Å²) in [6, 6.07) is 10.5. The van der Waals surface area contributed by atoms with Gasteiger partial charge in [-0.3, -0.25) is 20.2 Å². The van der Waals surface area contributed by atoms with Crippen molar-refractivity contribution >= 4 is 44.2 Å². The van der Waals surface area contributed by atoms with Crippen molar-refractivity contribution in [2.24, 2.45) is 0 Å². The Hall–Kier alpha value is -3.89. The van der Waals surface area contributed by atoms with Crippen LogP contribution in [0.15, 0.2) is 51.5 Å². The van der Waals surface area contributed by atoms with Gasteiger partial charge in [-0.1, -0.05) is 0 Å². The fourth-order valence-corrected chi connectivity index (χ4v) is 3.64. The van der Waals surface area contributed by atoms with Crippen LogP contribution in [0.3, 0.4) is 0 Å². The maximum atomic E-state index is 12.3. The van der Waals surface area contributed by atoms with Crippen LogP contribution >= 0.6 is 11.5 Å². The lowest BCUT2D eigenvalue weighted by Crippen LogP contribution is -2.13. The van der Waals surface area contributed by atoms with E-state index in [0.717, 1.165) is 6.26 Å². The highest BCUT2D eigenvalue weighted by molar-refractivity contribution is 7.90. The Morgan fingerprint density at radius 2 is 2.00 bits per heavy atom. The summed E-state index contributed by atoms with van der Waals surface area (Å²) in [6.45, 7) is 0. The second-order valence-corrected chi connectivity index (χ2v) is 8.45. The number of amides is 1. The average Bonchev–Trinajstić information content (AvgIpc) is 3.35. The summed E-state index contributed by atoms with van der Waals surface area (Å²) in [5, 5.41) is 21.8. The number of benzene rings is 1. The zero-order valence-corrected chi connectivity index (χ0v) is 16.7. The Kier molecular flexibility index (Phi) is 5.72. The van der Waals surface area contributed by atoms with Crippen LogP contribution in [0.1, 0.15) is 5.76 Å². The molecule has 30 heavy (non-hydrogen) atoms. The minimum absolute atomic E-state index is 0.0652. The van der Waals surface area contributed by atoms with E-state index in [1.54, 1.807) is 12.1 Å². The summed E-state index contributed by atoms with van der Waals surface area (Å²) in [4.78, 5) is 26.2. The quantitative estimate of drug-likeness (QED) is 0.259. The first-order valence-electron chi connectivity index (χ1n) is 7.99. The minimum atomic E-state index is -3.62. The number of carbonyl (C=O) groups is 1. The van der Waals surface area contributed by atoms with Gasteiger partial charge in [0.1, 0.15) is 23.2 Å². The molecule has 0 saturated carbocycles. The number of sulfone groups is 1. The Morgan fingerprint density at radius 3 is 2.57 bits per heavy atom. The molecule has 0 atom stereocenters. The van der Waals surface area contributed by atoms with E-state index in [-0.39, 0.29) is 22.2 Å². The number of hydrogen-bond donors (Lipinski definition) is 1. The second-order valence-electron chi connectivity index (χ2n) is 5.78. The van der Waals surface area contributed by atoms with Gasteiger partial charge >= 0.3 is 0 Å². The van der Waals surface area contributed by atoms with Crippen molar-refractivity contribution < 1.29 is 22.6 Å². The molecular formula is C17H11N5O6S2. The Bertz CT molecular complexity index is 1300. The predicted molar refractivity (Wildman–Crippen MR) is 106 cm³/mol. The maximum absolute atomic E-state index is 12.3. The molecule has 0 radical (unpaired) electrons. The number of furan rings is 1. The van der Waals surface area contributed by atoms with Crippen molar-refractivity contribution in [1.82, 2.24) is 9.36 Å². The fraction of sp³-hybridized carbons (Fsp3) is 0.0588. The summed E-state index contributed by atoms with van der Waals surface area (Å²) in [5.41, 5.74) is 0.200. The Morgan fingerprint density at radius 1 is 1.30 bits per heavy atom. The predicted octanol–water partition coefficient (Wildman–Crippen LogP) is 2.66. The van der Waals surface area contributed by atoms with E-state index in [2.05, 4.69) is 14.7 Å². The van der Waals surface area contributed by atoms with Gasteiger partial charge in [0.15, 0.2) is 0 Å². The lowest BCUT2D eigenvalue weighted by molar-refractivity contribution is -0.384. The van der Waals surface area contributed by atoms with Gasteiger partial charge in [0.25, 0.3) is 16.8 Å². The molecule has 0 spiro atoms. The molecule has 1 N–H and O–H groups in total. The SMILES string of the molecule is CS(=O)(=O)c1nsc(NC(=O)C(C#N)=Cc2ccc(-c3ccc([N+](=O)[O-])cc3)o2)n1. The summed E-state index contributed by atoms with van der Waals surface area (Å²) >= 11 is 0.663. The summed E-state index contributed by atoms with van der Waals surface area (Å²) < 4.78 is 32.0. The van der Waals surface area contributed by atoms with Crippen LogP contribution in [0, 0.1) is 21.4 Å². The fourth-order valence-electron chi connectivity index (χ4n) is 2.20. The van der Waals surface area contributed by atoms with Gasteiger partial charge in [-0.05, 0) is 24.3 Å². The monoisotopic (exact) mass is 445 g/mol. The minimum Gasteiger partial charge on any atom is -0.457 e. The Balaban J connectivity index is 1.77. The molecule has 13 heteroatoms. The van der Waals surface area contributed by atoms with Gasteiger partial charge in [-0.25, -0.2) is 8.42 Å². The Labute approximate surface area is 173 Å². The molecule has 0 aliphatic carbocycles. The number of carbonyl (C=O) groups excluding carboxylic acids is 1. The van der Waals surface area contributed by atoms with Crippen LogP contribution in [0.25, 0.3) is 17.4 Å². The first-order valence-corrected chi connectivity index (χ1v) is 10.7. The molecule has 0 bridgehead atoms. The van der Waals surface area contributed by atoms with E-state index < -0.39 is 25.8 Å². The summed E-state index contributed by atoms with van der Waals surface area (Å²) in [7, 11) is -3.62. The number of nitrogens with one attached hydrogen (secondary N) is 1. The topological polar surface area (TPSA) is 169 Å². The third-order valence-corrected chi connectivity index (χ3v) is 5.19. The molecule has 3 rings (SSSR count). The van der Waals surface area contributed by atoms with Gasteiger partial charge in [-0.2, -0.15) is 14.6 Å². The maximum Gasteiger partial charge on any atom is 0.269 e. The van der Waals surface area contributed by atoms with Crippen LogP contribution in [-0.4, -0.2) is 34.9 Å². The molecule has 0 aliphatic heterocycles. The number of non-ortho nitro benzene ring substituents is 1. The van der Waals surface area contributed by atoms with Crippen LogP contribution in [0.2, 0.25) is 0 Å². The van der Waals surface area contributed by atoms with E-state index in [4.69, 9.17) is 4.42 Å². The number of nitro benzene ring substituents is 1. The van der Waals surface area contributed by atoms with Gasteiger partial charge in [-0.15, -0.1) is 0 Å². The molecule has 0 saturated heterocycles. The second kappa shape index (κ2) is 8.23. The van der Waals surface area contributed by atoms with Crippen LogP contribution in [0.4, 0.5) is 10.8 Å². The largest absolute Gasteiger partial charge is 0.457 e. The smallest absolute Gasteiger partial charge is 0.269 e. The normalized spacial score (nSPS) is 11.7. The highest BCUT2D eigenvalue weighted by Crippen LogP contribution is 2.25. The van der Waals surface area contributed by atoms with Crippen LogP contribution in [-0.2, 0) is 14.6 Å². The number of anilines is 1. The van der Waals surface area contributed by atoms with Gasteiger partial charge in [0.05, 0.1) is 4.92 Å². The standard InChI is InChI=1S/C17H11N5O6S2/c1-30(26,27)17-20-16(29-21-17)19-15(23)11(9-18)8-13-6-7-14(28-13)10-2-4-12(5-3-10)22(24)25/h2-8H,1H3,(H,19,20,21,23). The first-order chi connectivity index (χ1) is 14.2. The highest BCUT2D eigenvalue weighted by atomic mass is 32.2. The zero-order chi connectivity index (χ0) is 21.9. The molecule has 3 aromatic rings. The van der Waals surface area contributed by atoms with Crippen molar-refractivity contribution in [3.8, 4) is 17.4 Å². The van der Waals surface area contributed by atoms with Gasteiger partial charge in [0.2, 0.25) is 15.0 Å². The van der Waals surface area contributed by atoms with Crippen molar-refractivity contribution in [3.05, 3.63) is 57.8 Å². The summed E-state index contributed by atoms with van der Waals surface area (Å²) in [6.07, 6.45) is 2.13. The molecule has 0 fully saturated rings. The molecule has 1 amide bonds. The van der Waals surface area contributed by atoms with E-state index >= 15 is 0 Å². The third-order valence-electron chi connectivity index (χ3n) is 3.60. The number of nitriles is 1. The van der Waals surface area contributed by atoms with Crippen molar-refractivity contribution in [2.75, 3.05) is 11.6 Å². The average molecular weight is 445 g/mol. The molecular weight excluding hydrogens is 434 g/mol. The number of nitrogens with zero attached hydrogens (tertiary/aromatic N) is 4. The van der Waals surface area contributed by atoms with Gasteiger partial charge < -0.3 is 4.42 Å². The van der Waals surface area contributed by atoms with Crippen molar-refractivity contribution in [3.63, 3.8) is 0 Å².